The van der Waals surface area contributed by atoms with Gasteiger partial charge in [-0.25, -0.2) is 0 Å². The van der Waals surface area contributed by atoms with Crippen LogP contribution in [0.15, 0.2) is 10.5 Å². The summed E-state index contributed by atoms with van der Waals surface area (Å²) in [4.78, 5) is 18.7. The fraction of sp³-hybridized carbons (Fsp3) is 0.700. The lowest BCUT2D eigenvalue weighted by Crippen LogP contribution is -2.33. The molecule has 0 atom stereocenters. The van der Waals surface area contributed by atoms with Crippen molar-refractivity contribution in [3.05, 3.63) is 27.4 Å². The molecule has 36 heavy (non-hydrogen) atoms. The van der Waals surface area contributed by atoms with Gasteiger partial charge in [-0.3, -0.25) is 9.69 Å². The molecule has 1 saturated heterocycles. The zero-order valence-corrected chi connectivity index (χ0v) is 24.8. The summed E-state index contributed by atoms with van der Waals surface area (Å²) in [6.45, 7) is 14.0. The molecule has 3 rings (SSSR count). The number of phenolic OH excluding ortho intramolecular Hbond substituents is 1. The Kier molecular flexibility index (Phi) is 11.6. The highest BCUT2D eigenvalue weighted by atomic mass is 79.9. The molecule has 202 valence electrons. The number of fused-ring (bicyclic) bond motifs is 1. The first-order valence-electron chi connectivity index (χ1n) is 14.5. The lowest BCUT2D eigenvalue weighted by atomic mass is 10.0. The number of piperidine rings is 1. The number of aryl methyl sites for hydroxylation is 1. The number of phenols is 1. The van der Waals surface area contributed by atoms with Crippen molar-refractivity contribution in [2.45, 2.75) is 111 Å². The van der Waals surface area contributed by atoms with E-state index in [1.807, 2.05) is 6.07 Å². The summed E-state index contributed by atoms with van der Waals surface area (Å²) in [6, 6.07) is 2.04. The highest BCUT2D eigenvalue weighted by Gasteiger charge is 2.29. The molecule has 1 fully saturated rings. The number of hydrogen-bond acceptors (Lipinski definition) is 3. The van der Waals surface area contributed by atoms with Crippen LogP contribution in [-0.4, -0.2) is 51.6 Å². The van der Waals surface area contributed by atoms with E-state index in [0.29, 0.717) is 12.3 Å². The van der Waals surface area contributed by atoms with Crippen LogP contribution in [0.4, 0.5) is 0 Å². The molecular formula is C30H48BrN3O2. The Morgan fingerprint density at radius 1 is 0.972 bits per heavy atom. The van der Waals surface area contributed by atoms with Crippen LogP contribution in [0.1, 0.15) is 113 Å². The highest BCUT2D eigenvalue weighted by Crippen LogP contribution is 2.40. The number of aromatic nitrogens is 1. The van der Waals surface area contributed by atoms with Gasteiger partial charge in [0.05, 0.1) is 15.6 Å². The van der Waals surface area contributed by atoms with Gasteiger partial charge in [-0.05, 0) is 74.1 Å². The van der Waals surface area contributed by atoms with Crippen LogP contribution in [0.5, 0.6) is 5.75 Å². The Hall–Kier alpha value is -1.53. The van der Waals surface area contributed by atoms with E-state index in [0.717, 1.165) is 97.0 Å². The number of amides is 1. The summed E-state index contributed by atoms with van der Waals surface area (Å²) in [6.07, 6.45) is 12.6. The van der Waals surface area contributed by atoms with Crippen molar-refractivity contribution >= 4 is 32.7 Å². The zero-order chi connectivity index (χ0) is 26.1. The maximum absolute atomic E-state index is 14.2. The molecule has 0 aliphatic carbocycles. The van der Waals surface area contributed by atoms with Crippen molar-refractivity contribution in [3.63, 3.8) is 0 Å². The molecule has 2 heterocycles. The van der Waals surface area contributed by atoms with Gasteiger partial charge in [0.1, 0.15) is 5.75 Å². The number of unbranched alkanes of at least 4 members (excludes halogenated alkanes) is 5. The van der Waals surface area contributed by atoms with E-state index in [2.05, 4.69) is 58.0 Å². The van der Waals surface area contributed by atoms with E-state index in [4.69, 9.17) is 0 Å². The molecule has 1 amide bonds. The standard InChI is InChI=1S/C30H48BrN3O2/c1-5-8-11-15-20-34-23(4)27(30(36)33(18-9-6-2)19-10-7-3)28-24(22-32-16-13-12-14-17-32)29(35)25(31)21-26(28)34/h21,35H,5-20,22H2,1-4H3. The van der Waals surface area contributed by atoms with Crippen LogP contribution < -0.4 is 0 Å². The number of nitrogens with zero attached hydrogens (tertiary/aromatic N) is 3. The summed E-state index contributed by atoms with van der Waals surface area (Å²) in [5, 5.41) is 12.3. The van der Waals surface area contributed by atoms with E-state index in [1.165, 1.54) is 38.5 Å². The Morgan fingerprint density at radius 2 is 1.61 bits per heavy atom. The van der Waals surface area contributed by atoms with Gasteiger partial charge in [0.15, 0.2) is 0 Å². The second-order valence-electron chi connectivity index (χ2n) is 10.6. The van der Waals surface area contributed by atoms with Crippen molar-refractivity contribution in [3.8, 4) is 5.75 Å². The number of aromatic hydroxyl groups is 1. The second-order valence-corrected chi connectivity index (χ2v) is 11.4. The second kappa shape index (κ2) is 14.4. The Morgan fingerprint density at radius 3 is 2.22 bits per heavy atom. The number of hydrogen-bond donors (Lipinski definition) is 1. The highest BCUT2D eigenvalue weighted by molar-refractivity contribution is 9.10. The smallest absolute Gasteiger partial charge is 0.256 e. The SMILES string of the molecule is CCCCCCn1c(C)c(C(=O)N(CCCC)CCCC)c2c(CN3CCCCC3)c(O)c(Br)cc21. The third-order valence-electron chi connectivity index (χ3n) is 7.77. The normalized spacial score (nSPS) is 14.6. The Bertz CT molecular complexity index is 986. The molecule has 1 aromatic carbocycles. The molecule has 1 aliphatic heterocycles. The van der Waals surface area contributed by atoms with Crippen molar-refractivity contribution in [1.82, 2.24) is 14.4 Å². The zero-order valence-electron chi connectivity index (χ0n) is 23.2. The molecule has 0 radical (unpaired) electrons. The minimum absolute atomic E-state index is 0.133. The van der Waals surface area contributed by atoms with Crippen molar-refractivity contribution < 1.29 is 9.90 Å². The van der Waals surface area contributed by atoms with Crippen molar-refractivity contribution in [2.24, 2.45) is 0 Å². The Balaban J connectivity index is 2.15. The third kappa shape index (κ3) is 6.86. The average Bonchev–Trinajstić information content (AvgIpc) is 3.15. The first-order chi connectivity index (χ1) is 17.4. The lowest BCUT2D eigenvalue weighted by molar-refractivity contribution is 0.0752. The number of likely N-dealkylation sites (tertiary alicyclic amines) is 1. The molecule has 0 spiro atoms. The molecule has 1 N–H and O–H groups in total. The minimum Gasteiger partial charge on any atom is -0.506 e. The topological polar surface area (TPSA) is 48.7 Å². The van der Waals surface area contributed by atoms with E-state index < -0.39 is 0 Å². The van der Waals surface area contributed by atoms with E-state index >= 15 is 0 Å². The van der Waals surface area contributed by atoms with E-state index in [9.17, 15) is 9.90 Å². The number of rotatable bonds is 14. The Labute approximate surface area is 227 Å². The summed E-state index contributed by atoms with van der Waals surface area (Å²) < 4.78 is 3.07. The molecule has 5 nitrogen and oxygen atoms in total. The minimum atomic E-state index is 0.133. The molecule has 0 saturated carbocycles. The number of carbonyl (C=O) groups is 1. The average molecular weight is 563 g/mol. The summed E-state index contributed by atoms with van der Waals surface area (Å²) in [5.74, 6) is 0.423. The van der Waals surface area contributed by atoms with Crippen molar-refractivity contribution in [2.75, 3.05) is 26.2 Å². The monoisotopic (exact) mass is 561 g/mol. The van der Waals surface area contributed by atoms with Gasteiger partial charge >= 0.3 is 0 Å². The van der Waals surface area contributed by atoms with Crippen LogP contribution in [0.2, 0.25) is 0 Å². The predicted octanol–water partition coefficient (Wildman–Crippen LogP) is 8.03. The van der Waals surface area contributed by atoms with Gasteiger partial charge in [-0.1, -0.05) is 59.3 Å². The third-order valence-corrected chi connectivity index (χ3v) is 8.38. The van der Waals surface area contributed by atoms with Crippen LogP contribution in [0.3, 0.4) is 0 Å². The van der Waals surface area contributed by atoms with Crippen LogP contribution in [0.25, 0.3) is 10.9 Å². The van der Waals surface area contributed by atoms with E-state index in [1.54, 1.807) is 0 Å². The van der Waals surface area contributed by atoms with Gasteiger partial charge in [-0.15, -0.1) is 0 Å². The lowest BCUT2D eigenvalue weighted by Gasteiger charge is -2.28. The van der Waals surface area contributed by atoms with Crippen LogP contribution in [-0.2, 0) is 13.1 Å². The van der Waals surface area contributed by atoms with Gasteiger partial charge < -0.3 is 14.6 Å². The molecule has 2 aromatic rings. The van der Waals surface area contributed by atoms with E-state index in [-0.39, 0.29) is 5.91 Å². The maximum Gasteiger partial charge on any atom is 0.256 e. The summed E-state index contributed by atoms with van der Waals surface area (Å²) >= 11 is 3.65. The van der Waals surface area contributed by atoms with Gasteiger partial charge in [0.25, 0.3) is 5.91 Å². The van der Waals surface area contributed by atoms with Gasteiger partial charge in [0, 0.05) is 42.8 Å². The first-order valence-corrected chi connectivity index (χ1v) is 15.3. The number of halogens is 1. The molecule has 1 aromatic heterocycles. The first kappa shape index (κ1) is 29.0. The number of benzene rings is 1. The maximum atomic E-state index is 14.2. The predicted molar refractivity (Wildman–Crippen MR) is 155 cm³/mol. The fourth-order valence-electron chi connectivity index (χ4n) is 5.58. The molecule has 0 bridgehead atoms. The van der Waals surface area contributed by atoms with Crippen molar-refractivity contribution in [1.29, 1.82) is 0 Å². The molecule has 6 heteroatoms. The van der Waals surface area contributed by atoms with Crippen LogP contribution >= 0.6 is 15.9 Å². The molecule has 1 aliphatic rings. The summed E-state index contributed by atoms with van der Waals surface area (Å²) in [5.41, 5.74) is 3.84. The fourth-order valence-corrected chi connectivity index (χ4v) is 6.03. The quantitative estimate of drug-likeness (QED) is 0.237. The van der Waals surface area contributed by atoms with Gasteiger partial charge in [0.2, 0.25) is 0 Å². The summed E-state index contributed by atoms with van der Waals surface area (Å²) in [7, 11) is 0. The van der Waals surface area contributed by atoms with Crippen LogP contribution in [0, 0.1) is 6.92 Å². The van der Waals surface area contributed by atoms with Gasteiger partial charge in [-0.2, -0.15) is 0 Å². The number of carbonyl (C=O) groups excluding carboxylic acids is 1. The largest absolute Gasteiger partial charge is 0.506 e. The molecular weight excluding hydrogens is 514 g/mol. The molecule has 0 unspecified atom stereocenters.